The molecule has 0 aliphatic carbocycles. The Balaban J connectivity index is 2.40. The molecule has 0 bridgehead atoms. The van der Waals surface area contributed by atoms with Crippen LogP contribution < -0.4 is 0 Å². The van der Waals surface area contributed by atoms with E-state index in [1.165, 1.54) is 0 Å². The number of hydrogen-bond acceptors (Lipinski definition) is 2. The van der Waals surface area contributed by atoms with Crippen LogP contribution >= 0.6 is 0 Å². The van der Waals surface area contributed by atoms with E-state index in [1.54, 1.807) is 7.05 Å². The van der Waals surface area contributed by atoms with Crippen LogP contribution in [-0.2, 0) is 0 Å². The summed E-state index contributed by atoms with van der Waals surface area (Å²) in [6.45, 7) is 0.829. The highest BCUT2D eigenvalue weighted by Crippen LogP contribution is 2.27. The second-order valence-corrected chi connectivity index (χ2v) is 3.57. The summed E-state index contributed by atoms with van der Waals surface area (Å²) in [4.78, 5) is 1.87. The van der Waals surface area contributed by atoms with E-state index < -0.39 is 12.3 Å². The van der Waals surface area contributed by atoms with Gasteiger partial charge < -0.3 is 10.0 Å². The normalized spacial score (nSPS) is 27.9. The molecule has 1 N–H and O–H groups in total. The Morgan fingerprint density at radius 1 is 1.54 bits per heavy atom. The predicted molar refractivity (Wildman–Crippen MR) is 42.3 cm³/mol. The summed E-state index contributed by atoms with van der Waals surface area (Å²) in [7, 11) is 1.79. The van der Waals surface area contributed by atoms with Crippen LogP contribution in [0.4, 0.5) is 13.2 Å². The number of aliphatic hydroxyl groups is 1. The smallest absolute Gasteiger partial charge is 0.384 e. The topological polar surface area (TPSA) is 23.5 Å². The van der Waals surface area contributed by atoms with Crippen molar-refractivity contribution < 1.29 is 18.3 Å². The quantitative estimate of drug-likeness (QED) is 0.723. The lowest BCUT2D eigenvalue weighted by Gasteiger charge is -2.23. The minimum Gasteiger partial charge on any atom is -0.384 e. The van der Waals surface area contributed by atoms with Crippen LogP contribution in [0.3, 0.4) is 0 Å². The average Bonchev–Trinajstić information content (AvgIpc) is 2.34. The summed E-state index contributed by atoms with van der Waals surface area (Å²) in [5.41, 5.74) is 0. The fourth-order valence-corrected chi connectivity index (χ4v) is 1.67. The first-order valence-corrected chi connectivity index (χ1v) is 4.36. The third-order valence-corrected chi connectivity index (χ3v) is 2.54. The summed E-state index contributed by atoms with van der Waals surface area (Å²) >= 11 is 0. The molecule has 78 valence electrons. The molecule has 2 nitrogen and oxygen atoms in total. The van der Waals surface area contributed by atoms with Crippen LogP contribution in [0.25, 0.3) is 0 Å². The van der Waals surface area contributed by atoms with Crippen molar-refractivity contribution in [3.8, 4) is 0 Å². The first-order valence-electron chi connectivity index (χ1n) is 4.36. The van der Waals surface area contributed by atoms with Crippen molar-refractivity contribution >= 4 is 0 Å². The molecular weight excluding hydrogens is 183 g/mol. The zero-order chi connectivity index (χ0) is 10.1. The van der Waals surface area contributed by atoms with E-state index in [1.807, 2.05) is 4.90 Å². The number of aliphatic hydroxyl groups excluding tert-OH is 1. The van der Waals surface area contributed by atoms with Gasteiger partial charge in [-0.1, -0.05) is 0 Å². The molecular formula is C8H14F3NO. The molecule has 0 radical (unpaired) electrons. The van der Waals surface area contributed by atoms with E-state index in [9.17, 15) is 13.2 Å². The monoisotopic (exact) mass is 197 g/mol. The molecule has 0 saturated carbocycles. The lowest BCUT2D eigenvalue weighted by molar-refractivity contribution is -0.208. The van der Waals surface area contributed by atoms with Crippen molar-refractivity contribution in [3.63, 3.8) is 0 Å². The Morgan fingerprint density at radius 2 is 2.15 bits per heavy atom. The lowest BCUT2D eigenvalue weighted by atomic mass is 10.1. The van der Waals surface area contributed by atoms with Gasteiger partial charge >= 0.3 is 6.18 Å². The van der Waals surface area contributed by atoms with Gasteiger partial charge in [0.05, 0.1) is 0 Å². The van der Waals surface area contributed by atoms with Crippen molar-refractivity contribution in [1.29, 1.82) is 0 Å². The molecule has 1 saturated heterocycles. The number of hydrogen-bond donors (Lipinski definition) is 1. The molecule has 1 rings (SSSR count). The maximum atomic E-state index is 12.0. The average molecular weight is 197 g/mol. The second-order valence-electron chi connectivity index (χ2n) is 3.57. The van der Waals surface area contributed by atoms with Gasteiger partial charge in [0.1, 0.15) is 0 Å². The predicted octanol–water partition coefficient (Wildman–Crippen LogP) is 1.39. The third-order valence-electron chi connectivity index (χ3n) is 2.54. The first kappa shape index (κ1) is 10.8. The van der Waals surface area contributed by atoms with E-state index in [2.05, 4.69) is 0 Å². The van der Waals surface area contributed by atoms with Gasteiger partial charge in [0, 0.05) is 6.04 Å². The van der Waals surface area contributed by atoms with Gasteiger partial charge in [-0.2, -0.15) is 13.2 Å². The zero-order valence-corrected chi connectivity index (χ0v) is 7.51. The highest BCUT2D eigenvalue weighted by Gasteiger charge is 2.40. The van der Waals surface area contributed by atoms with Crippen LogP contribution in [0.5, 0.6) is 0 Å². The Labute approximate surface area is 75.3 Å². The molecule has 2 atom stereocenters. The number of nitrogens with zero attached hydrogens (tertiary/aromatic N) is 1. The molecule has 0 spiro atoms. The van der Waals surface area contributed by atoms with E-state index >= 15 is 0 Å². The highest BCUT2D eigenvalue weighted by molar-refractivity contribution is 4.81. The Bertz CT molecular complexity index is 171. The van der Waals surface area contributed by atoms with Gasteiger partial charge in [-0.3, -0.25) is 0 Å². The van der Waals surface area contributed by atoms with E-state index in [4.69, 9.17) is 5.11 Å². The zero-order valence-electron chi connectivity index (χ0n) is 7.51. The summed E-state index contributed by atoms with van der Waals surface area (Å²) < 4.78 is 35.9. The van der Waals surface area contributed by atoms with E-state index in [0.29, 0.717) is 0 Å². The first-order chi connectivity index (χ1) is 5.91. The van der Waals surface area contributed by atoms with E-state index in [0.717, 1.165) is 19.4 Å². The molecule has 5 heteroatoms. The van der Waals surface area contributed by atoms with E-state index in [-0.39, 0.29) is 12.5 Å². The molecule has 1 fully saturated rings. The van der Waals surface area contributed by atoms with Crippen LogP contribution in [0, 0.1) is 0 Å². The van der Waals surface area contributed by atoms with Crippen molar-refractivity contribution in [1.82, 2.24) is 4.90 Å². The Morgan fingerprint density at radius 3 is 2.54 bits per heavy atom. The van der Waals surface area contributed by atoms with Gasteiger partial charge in [0.25, 0.3) is 0 Å². The number of alkyl halides is 3. The van der Waals surface area contributed by atoms with Gasteiger partial charge in [-0.15, -0.1) is 0 Å². The van der Waals surface area contributed by atoms with Crippen LogP contribution in [0.2, 0.25) is 0 Å². The summed E-state index contributed by atoms with van der Waals surface area (Å²) in [6.07, 6.45) is -5.16. The summed E-state index contributed by atoms with van der Waals surface area (Å²) in [6, 6.07) is -0.114. The van der Waals surface area contributed by atoms with Gasteiger partial charge in [-0.05, 0) is 32.9 Å². The fourth-order valence-electron chi connectivity index (χ4n) is 1.67. The molecule has 1 unspecified atom stereocenters. The molecule has 0 aromatic heterocycles. The number of rotatable bonds is 2. The highest BCUT2D eigenvalue weighted by atomic mass is 19.4. The molecule has 0 aromatic carbocycles. The maximum Gasteiger partial charge on any atom is 0.414 e. The minimum atomic E-state index is -4.47. The van der Waals surface area contributed by atoms with Crippen LogP contribution in [0.15, 0.2) is 0 Å². The van der Waals surface area contributed by atoms with Crippen molar-refractivity contribution in [2.75, 3.05) is 13.6 Å². The molecule has 0 aromatic rings. The van der Waals surface area contributed by atoms with Crippen molar-refractivity contribution in [3.05, 3.63) is 0 Å². The van der Waals surface area contributed by atoms with Gasteiger partial charge in [0.15, 0.2) is 6.10 Å². The van der Waals surface area contributed by atoms with Crippen LogP contribution in [-0.4, -0.2) is 41.9 Å². The van der Waals surface area contributed by atoms with Gasteiger partial charge in [0.2, 0.25) is 0 Å². The minimum absolute atomic E-state index is 0.114. The number of likely N-dealkylation sites (tertiary alicyclic amines) is 1. The van der Waals surface area contributed by atoms with Crippen molar-refractivity contribution in [2.24, 2.45) is 0 Å². The lowest BCUT2D eigenvalue weighted by Crippen LogP contribution is -2.36. The molecule has 1 aliphatic heterocycles. The standard InChI is InChI=1S/C8H14F3NO/c1-12-4-2-3-6(12)5-7(13)8(9,10)11/h6-7,13H,2-5H2,1H3/t6?,7-/m1/s1. The molecule has 13 heavy (non-hydrogen) atoms. The number of halogens is 3. The third kappa shape index (κ3) is 2.84. The molecule has 0 amide bonds. The molecule has 1 heterocycles. The fraction of sp³-hybridized carbons (Fsp3) is 1.00. The summed E-state index contributed by atoms with van der Waals surface area (Å²) in [5.74, 6) is 0. The van der Waals surface area contributed by atoms with Gasteiger partial charge in [-0.25, -0.2) is 0 Å². The Kier molecular flexibility index (Phi) is 3.18. The SMILES string of the molecule is CN1CCCC1C[C@@H](O)C(F)(F)F. The Hall–Kier alpha value is -0.290. The maximum absolute atomic E-state index is 12.0. The van der Waals surface area contributed by atoms with Crippen molar-refractivity contribution in [2.45, 2.75) is 37.6 Å². The van der Waals surface area contributed by atoms with Crippen LogP contribution in [0.1, 0.15) is 19.3 Å². The second kappa shape index (κ2) is 3.84. The molecule has 1 aliphatic rings. The largest absolute Gasteiger partial charge is 0.414 e. The summed E-state index contributed by atoms with van der Waals surface area (Å²) in [5, 5.41) is 8.81.